The first kappa shape index (κ1) is 19.2. The Morgan fingerprint density at radius 3 is 2.30 bits per heavy atom. The number of fused-ring (bicyclic) bond motifs is 1. The number of aromatic amines is 1. The zero-order valence-electron chi connectivity index (χ0n) is 13.6. The summed E-state index contributed by atoms with van der Waals surface area (Å²) in [5, 5.41) is 0.545. The van der Waals surface area contributed by atoms with Gasteiger partial charge in [0.1, 0.15) is 5.82 Å². The monoisotopic (exact) mass is 408 g/mol. The number of hydrogen-bond acceptors (Lipinski definition) is 2. The molecule has 0 amide bonds. The van der Waals surface area contributed by atoms with Crippen molar-refractivity contribution in [2.45, 2.75) is 6.18 Å². The van der Waals surface area contributed by atoms with E-state index in [1.807, 2.05) is 24.3 Å². The van der Waals surface area contributed by atoms with Gasteiger partial charge in [-0.2, -0.15) is 13.2 Å². The van der Waals surface area contributed by atoms with Gasteiger partial charge in [-0.15, -0.1) is 0 Å². The molecule has 2 heterocycles. The molecule has 0 aliphatic heterocycles. The molecule has 2 aromatic carbocycles. The molecule has 0 saturated heterocycles. The van der Waals surface area contributed by atoms with Crippen molar-refractivity contribution >= 4 is 22.6 Å². The molecular formula is C19H11Cl2F3N3-. The highest BCUT2D eigenvalue weighted by atomic mass is 35.5. The summed E-state index contributed by atoms with van der Waals surface area (Å²) in [5.41, 5.74) is 2.37. The van der Waals surface area contributed by atoms with Crippen molar-refractivity contribution in [3.63, 3.8) is 0 Å². The second-order valence-electron chi connectivity index (χ2n) is 5.73. The van der Waals surface area contributed by atoms with Crippen molar-refractivity contribution in [2.24, 2.45) is 0 Å². The Morgan fingerprint density at radius 2 is 1.63 bits per heavy atom. The second-order valence-corrected chi connectivity index (χ2v) is 6.13. The Morgan fingerprint density at radius 1 is 0.926 bits per heavy atom. The minimum absolute atomic E-state index is 0. The van der Waals surface area contributed by atoms with Gasteiger partial charge < -0.3 is 17.4 Å². The fraction of sp³-hybridized carbons (Fsp3) is 0.0526. The van der Waals surface area contributed by atoms with Crippen LogP contribution in [0.25, 0.3) is 33.7 Å². The van der Waals surface area contributed by atoms with Crippen molar-refractivity contribution in [2.75, 3.05) is 0 Å². The minimum atomic E-state index is -4.39. The maximum Gasteiger partial charge on any atom is 0.416 e. The molecule has 4 rings (SSSR count). The van der Waals surface area contributed by atoms with Crippen molar-refractivity contribution in [1.29, 1.82) is 0 Å². The maximum absolute atomic E-state index is 12.8. The van der Waals surface area contributed by atoms with E-state index < -0.39 is 11.7 Å². The summed E-state index contributed by atoms with van der Waals surface area (Å²) in [6.45, 7) is 0. The molecule has 4 aromatic rings. The highest BCUT2D eigenvalue weighted by Crippen LogP contribution is 2.32. The van der Waals surface area contributed by atoms with Crippen LogP contribution < -0.4 is 12.4 Å². The standard InChI is InChI=1S/C19H11ClF3N3.ClH/c20-14-2-1-9-24-17(14)11-3-5-12(6-4-11)18-25-15-8-7-13(19(21,22)23)10-16(15)26-18;/h1-10H,(H,25,26);1H/p-1. The average molecular weight is 409 g/mol. The third-order valence-corrected chi connectivity index (χ3v) is 4.30. The van der Waals surface area contributed by atoms with Gasteiger partial charge in [-0.1, -0.05) is 35.9 Å². The number of nitrogens with zero attached hydrogens (tertiary/aromatic N) is 2. The van der Waals surface area contributed by atoms with Gasteiger partial charge in [0, 0.05) is 17.3 Å². The largest absolute Gasteiger partial charge is 1.00 e. The summed E-state index contributed by atoms with van der Waals surface area (Å²) in [7, 11) is 0. The zero-order chi connectivity index (χ0) is 18.3. The minimum Gasteiger partial charge on any atom is -1.00 e. The number of pyridine rings is 1. The number of nitrogens with one attached hydrogen (secondary N) is 1. The molecule has 8 heteroatoms. The molecule has 1 N–H and O–H groups in total. The molecular weight excluding hydrogens is 398 g/mol. The molecule has 0 spiro atoms. The van der Waals surface area contributed by atoms with Crippen LogP contribution in [0.15, 0.2) is 60.8 Å². The number of imidazole rings is 1. The number of halogens is 5. The fourth-order valence-electron chi connectivity index (χ4n) is 2.71. The average Bonchev–Trinajstić information content (AvgIpc) is 3.05. The van der Waals surface area contributed by atoms with Gasteiger partial charge in [0.2, 0.25) is 0 Å². The van der Waals surface area contributed by atoms with Gasteiger partial charge in [-0.25, -0.2) is 4.98 Å². The zero-order valence-corrected chi connectivity index (χ0v) is 15.1. The number of hydrogen-bond donors (Lipinski definition) is 1. The number of alkyl halides is 3. The molecule has 0 saturated carbocycles. The van der Waals surface area contributed by atoms with Gasteiger partial charge >= 0.3 is 6.18 Å². The van der Waals surface area contributed by atoms with Crippen LogP contribution in [0.3, 0.4) is 0 Å². The number of H-pyrrole nitrogens is 1. The summed E-state index contributed by atoms with van der Waals surface area (Å²) in [5.74, 6) is 0.498. The summed E-state index contributed by atoms with van der Waals surface area (Å²) in [6, 6.07) is 14.3. The summed E-state index contributed by atoms with van der Waals surface area (Å²) in [6.07, 6.45) is -2.73. The second kappa shape index (κ2) is 7.21. The number of aromatic nitrogens is 3. The lowest BCUT2D eigenvalue weighted by molar-refractivity contribution is -0.137. The van der Waals surface area contributed by atoms with E-state index in [2.05, 4.69) is 15.0 Å². The smallest absolute Gasteiger partial charge is 0.416 e. The molecule has 0 aliphatic rings. The lowest BCUT2D eigenvalue weighted by atomic mass is 10.1. The third kappa shape index (κ3) is 3.77. The van der Waals surface area contributed by atoms with Crippen LogP contribution in [-0.2, 0) is 6.18 Å². The van der Waals surface area contributed by atoms with Crippen LogP contribution >= 0.6 is 11.6 Å². The highest BCUT2D eigenvalue weighted by molar-refractivity contribution is 6.33. The van der Waals surface area contributed by atoms with Crippen LogP contribution in [0.2, 0.25) is 5.02 Å². The molecule has 0 bridgehead atoms. The van der Waals surface area contributed by atoms with Crippen LogP contribution in [0.5, 0.6) is 0 Å². The Bertz CT molecular complexity index is 1090. The fourth-order valence-corrected chi connectivity index (χ4v) is 2.94. The van der Waals surface area contributed by atoms with Gasteiger partial charge in [-0.05, 0) is 30.3 Å². The van der Waals surface area contributed by atoms with E-state index in [0.29, 0.717) is 27.6 Å². The Kier molecular flexibility index (Phi) is 5.13. The van der Waals surface area contributed by atoms with Gasteiger partial charge in [0.05, 0.1) is 27.3 Å². The Labute approximate surface area is 163 Å². The third-order valence-electron chi connectivity index (χ3n) is 4.00. The first-order chi connectivity index (χ1) is 12.4. The highest BCUT2D eigenvalue weighted by Gasteiger charge is 2.30. The molecule has 0 fully saturated rings. The Balaban J connectivity index is 0.00000210. The van der Waals surface area contributed by atoms with E-state index in [4.69, 9.17) is 11.6 Å². The predicted octanol–water partition coefficient (Wildman–Crippen LogP) is 2.97. The van der Waals surface area contributed by atoms with E-state index >= 15 is 0 Å². The van der Waals surface area contributed by atoms with Crippen LogP contribution in [0.4, 0.5) is 13.2 Å². The van der Waals surface area contributed by atoms with Crippen LogP contribution in [-0.4, -0.2) is 15.0 Å². The molecule has 138 valence electrons. The van der Waals surface area contributed by atoms with E-state index in [1.165, 1.54) is 6.07 Å². The van der Waals surface area contributed by atoms with Gasteiger partial charge in [0.15, 0.2) is 0 Å². The lowest BCUT2D eigenvalue weighted by Gasteiger charge is -2.05. The molecule has 3 nitrogen and oxygen atoms in total. The molecule has 27 heavy (non-hydrogen) atoms. The predicted molar refractivity (Wildman–Crippen MR) is 94.8 cm³/mol. The molecule has 0 radical (unpaired) electrons. The van der Waals surface area contributed by atoms with Crippen molar-refractivity contribution < 1.29 is 25.6 Å². The SMILES string of the molecule is FC(F)(F)c1ccc2nc(-c3ccc(-c4ncccc4Cl)cc3)[nH]c2c1.[Cl-]. The topological polar surface area (TPSA) is 41.6 Å². The molecule has 0 atom stereocenters. The molecule has 2 aromatic heterocycles. The van der Waals surface area contributed by atoms with Crippen LogP contribution in [0, 0.1) is 0 Å². The van der Waals surface area contributed by atoms with Crippen LogP contribution in [0.1, 0.15) is 5.56 Å². The first-order valence-corrected chi connectivity index (χ1v) is 8.08. The summed E-state index contributed by atoms with van der Waals surface area (Å²) < 4.78 is 38.5. The lowest BCUT2D eigenvalue weighted by Crippen LogP contribution is -3.00. The van der Waals surface area contributed by atoms with Gasteiger partial charge in [0.25, 0.3) is 0 Å². The summed E-state index contributed by atoms with van der Waals surface area (Å²) >= 11 is 6.15. The van der Waals surface area contributed by atoms with Gasteiger partial charge in [-0.3, -0.25) is 4.98 Å². The molecule has 0 unspecified atom stereocenters. The van der Waals surface area contributed by atoms with E-state index in [-0.39, 0.29) is 12.4 Å². The quantitative estimate of drug-likeness (QED) is 0.553. The van der Waals surface area contributed by atoms with E-state index in [0.717, 1.165) is 23.3 Å². The number of rotatable bonds is 2. The molecule has 0 aliphatic carbocycles. The van der Waals surface area contributed by atoms with Crippen molar-refractivity contribution in [3.05, 3.63) is 71.4 Å². The number of benzene rings is 2. The Hall–Kier alpha value is -2.57. The van der Waals surface area contributed by atoms with E-state index in [1.54, 1.807) is 18.3 Å². The van der Waals surface area contributed by atoms with Crippen molar-refractivity contribution in [1.82, 2.24) is 15.0 Å². The maximum atomic E-state index is 12.8. The summed E-state index contributed by atoms with van der Waals surface area (Å²) in [4.78, 5) is 11.6. The van der Waals surface area contributed by atoms with Crippen molar-refractivity contribution in [3.8, 4) is 22.6 Å². The normalized spacial score (nSPS) is 11.4. The van der Waals surface area contributed by atoms with E-state index in [9.17, 15) is 13.2 Å². The first-order valence-electron chi connectivity index (χ1n) is 7.70.